The number of hydrogen-bond acceptors (Lipinski definition) is 7. The van der Waals surface area contributed by atoms with Crippen molar-refractivity contribution in [3.63, 3.8) is 0 Å². The summed E-state index contributed by atoms with van der Waals surface area (Å²) in [5, 5.41) is 12.5. The summed E-state index contributed by atoms with van der Waals surface area (Å²) in [5.74, 6) is -0.0837. The van der Waals surface area contributed by atoms with Crippen LogP contribution in [0.15, 0.2) is 29.1 Å². The van der Waals surface area contributed by atoms with Crippen molar-refractivity contribution in [1.82, 2.24) is 14.5 Å². The lowest BCUT2D eigenvalue weighted by Crippen LogP contribution is -2.44. The van der Waals surface area contributed by atoms with E-state index in [1.54, 1.807) is 22.5 Å². The minimum atomic E-state index is -1.85. The monoisotopic (exact) mass is 551 g/mol. The highest BCUT2D eigenvalue weighted by atomic mass is 32.1. The second-order valence-electron chi connectivity index (χ2n) is 11.5. The molecule has 10 heteroatoms. The highest BCUT2D eigenvalue weighted by molar-refractivity contribution is 7.80. The largest absolute Gasteiger partial charge is 0.458 e. The predicted octanol–water partition coefficient (Wildman–Crippen LogP) is 4.19. The molecule has 200 valence electrons. The molecule has 1 N–H and O–H groups in total. The molecule has 3 aromatic rings. The number of esters is 1. The highest BCUT2D eigenvalue weighted by Crippen LogP contribution is 2.41. The van der Waals surface area contributed by atoms with Crippen LogP contribution in [0.2, 0.25) is 25.7 Å². The second-order valence-corrected chi connectivity index (χ2v) is 17.5. The number of aliphatic hydroxyl groups is 1. The number of carbonyl (C=O) groups excluding carboxylic acids is 1. The molecular formula is C28H33N3O5SSi. The molecule has 2 aliphatic heterocycles. The van der Waals surface area contributed by atoms with Crippen LogP contribution < -0.4 is 10.3 Å². The van der Waals surface area contributed by atoms with Gasteiger partial charge in [0.05, 0.1) is 29.0 Å². The van der Waals surface area contributed by atoms with Crippen LogP contribution in [-0.4, -0.2) is 52.9 Å². The van der Waals surface area contributed by atoms with E-state index in [-0.39, 0.29) is 18.6 Å². The third-order valence-electron chi connectivity index (χ3n) is 7.47. The van der Waals surface area contributed by atoms with Crippen LogP contribution in [0.5, 0.6) is 5.75 Å². The molecule has 0 spiro atoms. The molecule has 8 nitrogen and oxygen atoms in total. The van der Waals surface area contributed by atoms with Gasteiger partial charge in [0.15, 0.2) is 5.60 Å². The van der Waals surface area contributed by atoms with Crippen molar-refractivity contribution in [2.75, 3.05) is 14.1 Å². The number of ether oxygens (including phenoxy) is 2. The Labute approximate surface area is 228 Å². The summed E-state index contributed by atoms with van der Waals surface area (Å²) in [6.45, 7) is 8.97. The molecule has 5 rings (SSSR count). The number of aromatic nitrogens is 2. The molecule has 38 heavy (non-hydrogen) atoms. The van der Waals surface area contributed by atoms with Crippen LogP contribution in [0.3, 0.4) is 0 Å². The summed E-state index contributed by atoms with van der Waals surface area (Å²) in [6, 6.07) is 8.58. The van der Waals surface area contributed by atoms with Crippen molar-refractivity contribution in [3.8, 4) is 17.1 Å². The summed E-state index contributed by atoms with van der Waals surface area (Å²) in [6.07, 6.45) is 0.959. The van der Waals surface area contributed by atoms with Gasteiger partial charge in [-0.3, -0.25) is 4.79 Å². The maximum atomic E-state index is 13.6. The number of thiocarbonyl (C=S) groups is 1. The van der Waals surface area contributed by atoms with Gasteiger partial charge >= 0.3 is 5.97 Å². The van der Waals surface area contributed by atoms with Crippen LogP contribution >= 0.6 is 12.2 Å². The zero-order chi connectivity index (χ0) is 27.6. The standard InChI is InChI=1S/C28H33N3O5SSi/c1-7-28(34)21-13-23-24-19(14-31(23)25(32)20(21)15-35-26(28)33)17(10-11-38(4,5)6)18-12-16(8-9-22(18)29-24)36-27(37)30(2)3/h8-9,12-13,34H,7,10-11,14-15H2,1-6H3/t28-/m0/s1. The Hall–Kier alpha value is -3.08. The van der Waals surface area contributed by atoms with E-state index in [9.17, 15) is 14.7 Å². The fraction of sp³-hybridized carbons (Fsp3) is 0.429. The number of carbonyl (C=O) groups is 1. The summed E-state index contributed by atoms with van der Waals surface area (Å²) in [4.78, 5) is 32.9. The summed E-state index contributed by atoms with van der Waals surface area (Å²) in [5.41, 5.74) is 2.82. The number of rotatable bonds is 5. The molecule has 2 aromatic heterocycles. The van der Waals surface area contributed by atoms with Gasteiger partial charge in [0.25, 0.3) is 10.7 Å². The lowest BCUT2D eigenvalue weighted by atomic mass is 9.86. The average Bonchev–Trinajstić information content (AvgIpc) is 3.22. The SMILES string of the molecule is CC[C@@]1(O)C(=O)OCc2c1cc1n(c2=O)Cc2c-1nc1ccc(OC(=S)N(C)C)cc1c2CC[Si](C)(C)C. The summed E-state index contributed by atoms with van der Waals surface area (Å²) < 4.78 is 12.8. The first-order valence-electron chi connectivity index (χ1n) is 12.9. The molecule has 2 aliphatic rings. The number of aryl methyl sites for hydroxylation is 1. The zero-order valence-electron chi connectivity index (χ0n) is 22.7. The quantitative estimate of drug-likeness (QED) is 0.224. The fourth-order valence-electron chi connectivity index (χ4n) is 5.18. The lowest BCUT2D eigenvalue weighted by Gasteiger charge is -2.31. The molecule has 0 aliphatic carbocycles. The second kappa shape index (κ2) is 9.28. The molecule has 1 atom stereocenters. The van der Waals surface area contributed by atoms with Gasteiger partial charge in [-0.15, -0.1) is 0 Å². The van der Waals surface area contributed by atoms with Gasteiger partial charge in [-0.2, -0.15) is 0 Å². The Bertz CT molecular complexity index is 1560. The van der Waals surface area contributed by atoms with Gasteiger partial charge in [-0.25, -0.2) is 9.78 Å². The predicted molar refractivity (Wildman–Crippen MR) is 153 cm³/mol. The van der Waals surface area contributed by atoms with E-state index < -0.39 is 19.6 Å². The van der Waals surface area contributed by atoms with Crippen LogP contribution in [0.1, 0.15) is 35.6 Å². The number of fused-ring (bicyclic) bond motifs is 5. The van der Waals surface area contributed by atoms with E-state index in [2.05, 4.69) is 19.6 Å². The summed E-state index contributed by atoms with van der Waals surface area (Å²) in [7, 11) is 2.28. The average molecular weight is 552 g/mol. The minimum Gasteiger partial charge on any atom is -0.458 e. The third kappa shape index (κ3) is 4.34. The molecule has 0 fully saturated rings. The number of hydrogen-bond donors (Lipinski definition) is 1. The minimum absolute atomic E-state index is 0.110. The Morgan fingerprint density at radius 1 is 1.24 bits per heavy atom. The smallest absolute Gasteiger partial charge is 0.343 e. The van der Waals surface area contributed by atoms with Crippen molar-refractivity contribution in [3.05, 3.63) is 56.9 Å². The van der Waals surface area contributed by atoms with Gasteiger partial charge < -0.3 is 24.0 Å². The van der Waals surface area contributed by atoms with E-state index in [4.69, 9.17) is 26.7 Å². The first kappa shape index (κ1) is 26.5. The van der Waals surface area contributed by atoms with Crippen LogP contribution in [0.4, 0.5) is 0 Å². The first-order chi connectivity index (χ1) is 17.8. The van der Waals surface area contributed by atoms with Crippen LogP contribution in [0, 0.1) is 0 Å². The van der Waals surface area contributed by atoms with Crippen molar-refractivity contribution >= 4 is 42.3 Å². The topological polar surface area (TPSA) is 93.9 Å². The van der Waals surface area contributed by atoms with E-state index in [1.807, 2.05) is 32.3 Å². The Morgan fingerprint density at radius 2 is 1.97 bits per heavy atom. The Kier molecular flexibility index (Phi) is 6.48. The van der Waals surface area contributed by atoms with Crippen molar-refractivity contribution in [2.45, 2.75) is 64.2 Å². The zero-order valence-corrected chi connectivity index (χ0v) is 24.5. The van der Waals surface area contributed by atoms with Crippen molar-refractivity contribution in [1.29, 1.82) is 0 Å². The molecule has 0 unspecified atom stereocenters. The molecular weight excluding hydrogens is 518 g/mol. The number of cyclic esters (lactones) is 1. The molecule has 0 amide bonds. The summed E-state index contributed by atoms with van der Waals surface area (Å²) >= 11 is 5.35. The molecule has 1 aromatic carbocycles. The van der Waals surface area contributed by atoms with Gasteiger partial charge in [0, 0.05) is 38.7 Å². The maximum absolute atomic E-state index is 13.6. The van der Waals surface area contributed by atoms with Gasteiger partial charge in [-0.1, -0.05) is 32.6 Å². The molecule has 4 heterocycles. The van der Waals surface area contributed by atoms with Crippen molar-refractivity contribution in [2.24, 2.45) is 0 Å². The van der Waals surface area contributed by atoms with E-state index >= 15 is 0 Å². The van der Waals surface area contributed by atoms with Crippen molar-refractivity contribution < 1.29 is 19.4 Å². The molecule has 0 saturated carbocycles. The van der Waals surface area contributed by atoms with Crippen LogP contribution in [0.25, 0.3) is 22.3 Å². The van der Waals surface area contributed by atoms with E-state index in [0.29, 0.717) is 34.3 Å². The Morgan fingerprint density at radius 3 is 2.63 bits per heavy atom. The van der Waals surface area contributed by atoms with Gasteiger partial charge in [0.2, 0.25) is 0 Å². The van der Waals surface area contributed by atoms with Gasteiger partial charge in [0.1, 0.15) is 12.4 Å². The lowest BCUT2D eigenvalue weighted by molar-refractivity contribution is -0.172. The molecule has 0 bridgehead atoms. The first-order valence-corrected chi connectivity index (χ1v) is 17.0. The molecule has 0 saturated heterocycles. The number of nitrogens with zero attached hydrogens (tertiary/aromatic N) is 3. The number of pyridine rings is 2. The number of benzene rings is 1. The molecule has 0 radical (unpaired) electrons. The van der Waals surface area contributed by atoms with Gasteiger partial charge in [-0.05, 0) is 54.9 Å². The third-order valence-corrected chi connectivity index (χ3v) is 9.67. The normalized spacial score (nSPS) is 18.0. The Balaban J connectivity index is 1.72. The maximum Gasteiger partial charge on any atom is 0.343 e. The van der Waals surface area contributed by atoms with E-state index in [1.165, 1.54) is 0 Å². The highest BCUT2D eigenvalue weighted by Gasteiger charge is 2.45. The van der Waals surface area contributed by atoms with E-state index in [0.717, 1.165) is 40.2 Å². The van der Waals surface area contributed by atoms with Crippen LogP contribution in [-0.2, 0) is 34.7 Å². The fourth-order valence-corrected chi connectivity index (χ4v) is 6.28.